The molecule has 0 saturated heterocycles. The summed E-state index contributed by atoms with van der Waals surface area (Å²) < 4.78 is 0. The number of benzene rings is 1. The standard InChI is InChI=1S/C14H10Cl3N3S/c1-2-7-3-8-13(18-6-19-14(8)21-7)20-12-5-10(16)9(15)4-11(12)17/h3-6H,2H2,1H3,(H,18,19,20). The molecular weight excluding hydrogens is 349 g/mol. The number of nitrogens with zero attached hydrogens (tertiary/aromatic N) is 2. The van der Waals surface area contributed by atoms with Gasteiger partial charge in [0.2, 0.25) is 0 Å². The van der Waals surface area contributed by atoms with E-state index in [0.717, 1.165) is 16.6 Å². The zero-order chi connectivity index (χ0) is 15.0. The van der Waals surface area contributed by atoms with Crippen LogP contribution >= 0.6 is 46.1 Å². The molecule has 108 valence electrons. The minimum absolute atomic E-state index is 0.420. The van der Waals surface area contributed by atoms with Crippen molar-refractivity contribution in [3.63, 3.8) is 0 Å². The van der Waals surface area contributed by atoms with Gasteiger partial charge >= 0.3 is 0 Å². The van der Waals surface area contributed by atoms with Gasteiger partial charge in [-0.2, -0.15) is 0 Å². The third kappa shape index (κ3) is 2.94. The highest BCUT2D eigenvalue weighted by molar-refractivity contribution is 7.18. The molecule has 0 bridgehead atoms. The van der Waals surface area contributed by atoms with Gasteiger partial charge in [-0.25, -0.2) is 9.97 Å². The van der Waals surface area contributed by atoms with Crippen molar-refractivity contribution in [3.8, 4) is 0 Å². The van der Waals surface area contributed by atoms with Gasteiger partial charge < -0.3 is 5.32 Å². The number of nitrogens with one attached hydrogen (secondary N) is 1. The van der Waals surface area contributed by atoms with Gasteiger partial charge in [-0.3, -0.25) is 0 Å². The number of halogens is 3. The van der Waals surface area contributed by atoms with E-state index < -0.39 is 0 Å². The molecule has 1 aromatic carbocycles. The smallest absolute Gasteiger partial charge is 0.142 e. The second-order valence-electron chi connectivity index (χ2n) is 4.38. The first-order chi connectivity index (χ1) is 10.1. The van der Waals surface area contributed by atoms with Crippen LogP contribution in [0, 0.1) is 0 Å². The van der Waals surface area contributed by atoms with Crippen LogP contribution in [0.3, 0.4) is 0 Å². The molecule has 2 heterocycles. The second kappa shape index (κ2) is 5.97. The van der Waals surface area contributed by atoms with Crippen LogP contribution in [0.4, 0.5) is 11.5 Å². The zero-order valence-electron chi connectivity index (χ0n) is 11.0. The van der Waals surface area contributed by atoms with Crippen molar-refractivity contribution >= 4 is 67.9 Å². The number of anilines is 2. The topological polar surface area (TPSA) is 37.8 Å². The Bertz CT molecular complexity index is 817. The lowest BCUT2D eigenvalue weighted by molar-refractivity contribution is 1.19. The van der Waals surface area contributed by atoms with Crippen LogP contribution in [0.2, 0.25) is 15.1 Å². The molecule has 0 aliphatic carbocycles. The van der Waals surface area contributed by atoms with Crippen LogP contribution in [-0.4, -0.2) is 9.97 Å². The predicted molar refractivity (Wildman–Crippen MR) is 91.5 cm³/mol. The maximum absolute atomic E-state index is 6.19. The van der Waals surface area contributed by atoms with Gasteiger partial charge in [0.15, 0.2) is 0 Å². The van der Waals surface area contributed by atoms with E-state index in [4.69, 9.17) is 34.8 Å². The molecular formula is C14H10Cl3N3S. The maximum atomic E-state index is 6.19. The van der Waals surface area contributed by atoms with E-state index in [1.54, 1.807) is 23.5 Å². The fraction of sp³-hybridized carbons (Fsp3) is 0.143. The molecule has 0 radical (unpaired) electrons. The van der Waals surface area contributed by atoms with Crippen LogP contribution < -0.4 is 5.32 Å². The van der Waals surface area contributed by atoms with Crippen molar-refractivity contribution < 1.29 is 0 Å². The number of fused-ring (bicyclic) bond motifs is 1. The Balaban J connectivity index is 2.06. The van der Waals surface area contributed by atoms with E-state index in [0.29, 0.717) is 26.6 Å². The van der Waals surface area contributed by atoms with Crippen molar-refractivity contribution in [3.05, 3.63) is 44.5 Å². The summed E-state index contributed by atoms with van der Waals surface area (Å²) in [6, 6.07) is 5.39. The summed E-state index contributed by atoms with van der Waals surface area (Å²) in [6.45, 7) is 2.11. The summed E-state index contributed by atoms with van der Waals surface area (Å²) in [5.41, 5.74) is 0.662. The van der Waals surface area contributed by atoms with E-state index in [-0.39, 0.29) is 0 Å². The largest absolute Gasteiger partial charge is 0.338 e. The molecule has 0 atom stereocenters. The summed E-state index contributed by atoms with van der Waals surface area (Å²) in [6.07, 6.45) is 2.50. The van der Waals surface area contributed by atoms with Crippen LogP contribution in [0.5, 0.6) is 0 Å². The number of aromatic nitrogens is 2. The second-order valence-corrected chi connectivity index (χ2v) is 6.72. The molecule has 21 heavy (non-hydrogen) atoms. The van der Waals surface area contributed by atoms with Crippen LogP contribution in [-0.2, 0) is 6.42 Å². The van der Waals surface area contributed by atoms with Gasteiger partial charge in [-0.1, -0.05) is 41.7 Å². The molecule has 3 aromatic rings. The van der Waals surface area contributed by atoms with Crippen LogP contribution in [0.15, 0.2) is 24.5 Å². The molecule has 0 aliphatic heterocycles. The lowest BCUT2D eigenvalue weighted by Gasteiger charge is -2.09. The highest BCUT2D eigenvalue weighted by Crippen LogP contribution is 2.36. The Morgan fingerprint density at radius 2 is 1.81 bits per heavy atom. The quantitative estimate of drug-likeness (QED) is 0.587. The van der Waals surface area contributed by atoms with Crippen molar-refractivity contribution in [1.82, 2.24) is 9.97 Å². The first-order valence-electron chi connectivity index (χ1n) is 6.23. The molecule has 7 heteroatoms. The Hall–Kier alpha value is -1.07. The van der Waals surface area contributed by atoms with Gasteiger partial charge in [0, 0.05) is 4.88 Å². The third-order valence-corrected chi connectivity index (χ3v) is 5.21. The number of thiophene rings is 1. The number of hydrogen-bond donors (Lipinski definition) is 1. The SMILES string of the molecule is CCc1cc2c(Nc3cc(Cl)c(Cl)cc3Cl)ncnc2s1. The van der Waals surface area contributed by atoms with Crippen molar-refractivity contribution in [2.24, 2.45) is 0 Å². The third-order valence-electron chi connectivity index (χ3n) is 2.99. The van der Waals surface area contributed by atoms with E-state index >= 15 is 0 Å². The highest BCUT2D eigenvalue weighted by atomic mass is 35.5. The Morgan fingerprint density at radius 1 is 1.05 bits per heavy atom. The normalized spacial score (nSPS) is 11.0. The van der Waals surface area contributed by atoms with E-state index in [9.17, 15) is 0 Å². The molecule has 0 aliphatic rings. The lowest BCUT2D eigenvalue weighted by Crippen LogP contribution is -1.95. The summed E-state index contributed by atoms with van der Waals surface area (Å²) in [7, 11) is 0. The summed E-state index contributed by atoms with van der Waals surface area (Å²) >= 11 is 19.8. The lowest BCUT2D eigenvalue weighted by atomic mass is 10.3. The summed E-state index contributed by atoms with van der Waals surface area (Å²) in [5, 5.41) is 5.52. The van der Waals surface area contributed by atoms with Crippen LogP contribution in [0.25, 0.3) is 10.2 Å². The van der Waals surface area contributed by atoms with Crippen molar-refractivity contribution in [2.45, 2.75) is 13.3 Å². The number of rotatable bonds is 3. The molecule has 1 N–H and O–H groups in total. The fourth-order valence-electron chi connectivity index (χ4n) is 1.93. The molecule has 2 aromatic heterocycles. The minimum Gasteiger partial charge on any atom is -0.338 e. The Morgan fingerprint density at radius 3 is 2.57 bits per heavy atom. The average Bonchev–Trinajstić information content (AvgIpc) is 2.89. The molecule has 3 nitrogen and oxygen atoms in total. The van der Waals surface area contributed by atoms with Gasteiger partial charge in [0.1, 0.15) is 17.0 Å². The first-order valence-corrected chi connectivity index (χ1v) is 8.18. The zero-order valence-corrected chi connectivity index (χ0v) is 14.0. The Kier molecular flexibility index (Phi) is 4.22. The van der Waals surface area contributed by atoms with Gasteiger partial charge in [-0.05, 0) is 24.6 Å². The summed E-state index contributed by atoms with van der Waals surface area (Å²) in [5.74, 6) is 0.705. The van der Waals surface area contributed by atoms with Crippen molar-refractivity contribution in [1.29, 1.82) is 0 Å². The van der Waals surface area contributed by atoms with E-state index in [2.05, 4.69) is 28.3 Å². The van der Waals surface area contributed by atoms with Gasteiger partial charge in [0.05, 0.1) is 26.1 Å². The molecule has 0 fully saturated rings. The average molecular weight is 359 g/mol. The fourth-order valence-corrected chi connectivity index (χ4v) is 3.45. The molecule has 0 spiro atoms. The number of hydrogen-bond acceptors (Lipinski definition) is 4. The van der Waals surface area contributed by atoms with Gasteiger partial charge in [-0.15, -0.1) is 11.3 Å². The monoisotopic (exact) mass is 357 g/mol. The highest BCUT2D eigenvalue weighted by Gasteiger charge is 2.11. The van der Waals surface area contributed by atoms with Crippen LogP contribution in [0.1, 0.15) is 11.8 Å². The molecule has 0 amide bonds. The summed E-state index contributed by atoms with van der Waals surface area (Å²) in [4.78, 5) is 10.8. The predicted octanol–water partition coefficient (Wildman–Crippen LogP) is 5.96. The minimum atomic E-state index is 0.420. The van der Waals surface area contributed by atoms with E-state index in [1.807, 2.05) is 0 Å². The molecule has 3 rings (SSSR count). The molecule has 0 unspecified atom stereocenters. The number of aryl methyl sites for hydroxylation is 1. The Labute approximate surface area is 140 Å². The maximum Gasteiger partial charge on any atom is 0.142 e. The van der Waals surface area contributed by atoms with Gasteiger partial charge in [0.25, 0.3) is 0 Å². The van der Waals surface area contributed by atoms with Crippen molar-refractivity contribution in [2.75, 3.05) is 5.32 Å². The first kappa shape index (κ1) is 14.9. The molecule has 0 saturated carbocycles. The van der Waals surface area contributed by atoms with E-state index in [1.165, 1.54) is 11.2 Å².